The van der Waals surface area contributed by atoms with Gasteiger partial charge >= 0.3 is 5.97 Å². The van der Waals surface area contributed by atoms with Crippen LogP contribution in [0.5, 0.6) is 11.6 Å². The predicted molar refractivity (Wildman–Crippen MR) is 149 cm³/mol. The van der Waals surface area contributed by atoms with Crippen LogP contribution in [-0.4, -0.2) is 26.3 Å². The number of hydrogen-bond acceptors (Lipinski definition) is 8. The van der Waals surface area contributed by atoms with Gasteiger partial charge in [0.25, 0.3) is 0 Å². The van der Waals surface area contributed by atoms with Crippen LogP contribution < -0.4 is 9.64 Å². The lowest BCUT2D eigenvalue weighted by Crippen LogP contribution is -2.36. The number of benzene rings is 2. The third-order valence-electron chi connectivity index (χ3n) is 5.40. The topological polar surface area (TPSA) is 77.7 Å². The van der Waals surface area contributed by atoms with Gasteiger partial charge in [-0.1, -0.05) is 30.3 Å². The molecule has 0 amide bonds. The summed E-state index contributed by atoms with van der Waals surface area (Å²) in [4.78, 5) is 24.5. The van der Waals surface area contributed by atoms with Crippen LogP contribution in [0.3, 0.4) is 0 Å². The Bertz CT molecular complexity index is 1320. The van der Waals surface area contributed by atoms with E-state index in [0.29, 0.717) is 30.5 Å². The molecule has 4 aromatic rings. The van der Waals surface area contributed by atoms with E-state index < -0.39 is 10.3 Å². The van der Waals surface area contributed by atoms with E-state index in [0.717, 1.165) is 16.2 Å². The van der Waals surface area contributed by atoms with Gasteiger partial charge < -0.3 is 18.8 Å². The maximum absolute atomic E-state index is 12.7. The van der Waals surface area contributed by atoms with Gasteiger partial charge in [-0.25, -0.2) is 9.97 Å². The summed E-state index contributed by atoms with van der Waals surface area (Å²) in [5.74, 6) is 2.46. The summed E-state index contributed by atoms with van der Waals surface area (Å²) >= 11 is 1.48. The minimum Gasteiger partial charge on any atom is -0.467 e. The Morgan fingerprint density at radius 1 is 0.921 bits per heavy atom. The van der Waals surface area contributed by atoms with Crippen molar-refractivity contribution in [3.63, 3.8) is 0 Å². The van der Waals surface area contributed by atoms with Crippen LogP contribution in [0.1, 0.15) is 45.9 Å². The molecule has 0 fully saturated rings. The molecule has 7 nitrogen and oxygen atoms in total. The number of thioether (sulfide) groups is 1. The number of rotatable bonds is 10. The molecule has 0 bridgehead atoms. The van der Waals surface area contributed by atoms with Crippen molar-refractivity contribution in [2.75, 3.05) is 4.90 Å². The molecule has 0 radical (unpaired) electrons. The molecule has 8 heteroatoms. The van der Waals surface area contributed by atoms with Gasteiger partial charge in [-0.2, -0.15) is 0 Å². The lowest BCUT2D eigenvalue weighted by Gasteiger charge is -2.28. The summed E-state index contributed by atoms with van der Waals surface area (Å²) in [7, 11) is 0. The third kappa shape index (κ3) is 7.86. The van der Waals surface area contributed by atoms with Crippen LogP contribution in [0.15, 0.2) is 94.7 Å². The Labute approximate surface area is 228 Å². The molecule has 0 spiro atoms. The molecule has 4 rings (SSSR count). The molecule has 198 valence electrons. The minimum absolute atomic E-state index is 0.235. The number of aromatic nitrogens is 2. The molecule has 0 saturated carbocycles. The van der Waals surface area contributed by atoms with Crippen LogP contribution in [-0.2, 0) is 22.6 Å². The number of furan rings is 1. The van der Waals surface area contributed by atoms with Crippen LogP contribution >= 0.6 is 11.8 Å². The summed E-state index contributed by atoms with van der Waals surface area (Å²) in [5.41, 5.74) is 0.559. The van der Waals surface area contributed by atoms with Gasteiger partial charge in [-0.3, -0.25) is 4.79 Å². The molecule has 0 aliphatic carbocycles. The Balaban J connectivity index is 1.50. The Hall–Kier alpha value is -3.78. The molecule has 0 N–H and O–H groups in total. The SMILES string of the molecule is CC(C)(C)OC(=O)C(C)(C)Sc1ccc(CN(Cc2ccco2)c2cc(Oc3ccccc3)ncn2)cc1. The van der Waals surface area contributed by atoms with E-state index in [9.17, 15) is 4.79 Å². The normalized spacial score (nSPS) is 11.7. The van der Waals surface area contributed by atoms with Gasteiger partial charge in [0, 0.05) is 17.5 Å². The van der Waals surface area contributed by atoms with E-state index in [1.165, 1.54) is 18.1 Å². The monoisotopic (exact) mass is 531 g/mol. The van der Waals surface area contributed by atoms with E-state index >= 15 is 0 Å². The lowest BCUT2D eigenvalue weighted by atomic mass is 10.1. The van der Waals surface area contributed by atoms with Crippen molar-refractivity contribution in [2.45, 2.75) is 63.0 Å². The molecule has 2 aromatic carbocycles. The highest BCUT2D eigenvalue weighted by atomic mass is 32.2. The minimum atomic E-state index is -0.712. The average Bonchev–Trinajstić information content (AvgIpc) is 3.38. The van der Waals surface area contributed by atoms with Crippen molar-refractivity contribution >= 4 is 23.5 Å². The number of ether oxygens (including phenoxy) is 2. The molecule has 0 atom stereocenters. The number of anilines is 1. The van der Waals surface area contributed by atoms with Gasteiger partial charge in [-0.05, 0) is 76.6 Å². The van der Waals surface area contributed by atoms with Crippen molar-refractivity contribution in [1.29, 1.82) is 0 Å². The molecule has 0 aliphatic heterocycles. The highest BCUT2D eigenvalue weighted by Crippen LogP contribution is 2.35. The number of nitrogens with zero attached hydrogens (tertiary/aromatic N) is 3. The van der Waals surface area contributed by atoms with Crippen LogP contribution in [0.4, 0.5) is 5.82 Å². The largest absolute Gasteiger partial charge is 0.467 e. The number of para-hydroxylation sites is 1. The zero-order valence-electron chi connectivity index (χ0n) is 22.4. The van der Waals surface area contributed by atoms with Gasteiger partial charge in [0.1, 0.15) is 34.0 Å². The summed E-state index contributed by atoms with van der Waals surface area (Å²) in [5, 5.41) is 0. The van der Waals surface area contributed by atoms with Crippen molar-refractivity contribution in [3.8, 4) is 11.6 Å². The summed E-state index contributed by atoms with van der Waals surface area (Å²) in [6.07, 6.45) is 3.16. The number of carbonyl (C=O) groups excluding carboxylic acids is 1. The second-order valence-electron chi connectivity index (χ2n) is 10.3. The first-order chi connectivity index (χ1) is 18.1. The van der Waals surface area contributed by atoms with E-state index in [2.05, 4.69) is 27.0 Å². The van der Waals surface area contributed by atoms with Crippen LogP contribution in [0.2, 0.25) is 0 Å². The van der Waals surface area contributed by atoms with Crippen molar-refractivity contribution < 1.29 is 18.7 Å². The van der Waals surface area contributed by atoms with Crippen molar-refractivity contribution in [2.24, 2.45) is 0 Å². The maximum atomic E-state index is 12.7. The third-order valence-corrected chi connectivity index (χ3v) is 6.59. The molecular weight excluding hydrogens is 498 g/mol. The first-order valence-corrected chi connectivity index (χ1v) is 13.2. The first-order valence-electron chi connectivity index (χ1n) is 12.4. The zero-order valence-corrected chi connectivity index (χ0v) is 23.2. The van der Waals surface area contributed by atoms with Gasteiger partial charge in [0.2, 0.25) is 5.88 Å². The molecule has 0 unspecified atom stereocenters. The van der Waals surface area contributed by atoms with Crippen LogP contribution in [0, 0.1) is 0 Å². The van der Waals surface area contributed by atoms with E-state index in [4.69, 9.17) is 13.9 Å². The van der Waals surface area contributed by atoms with E-state index in [-0.39, 0.29) is 5.97 Å². The zero-order chi connectivity index (χ0) is 27.2. The molecule has 0 aliphatic rings. The van der Waals surface area contributed by atoms with Gasteiger partial charge in [-0.15, -0.1) is 11.8 Å². The summed E-state index contributed by atoms with van der Waals surface area (Å²) in [6, 6.07) is 23.3. The molecule has 0 saturated heterocycles. The highest BCUT2D eigenvalue weighted by Gasteiger charge is 2.33. The van der Waals surface area contributed by atoms with Crippen molar-refractivity contribution in [1.82, 2.24) is 9.97 Å². The molecule has 2 heterocycles. The average molecular weight is 532 g/mol. The van der Waals surface area contributed by atoms with Crippen LogP contribution in [0.25, 0.3) is 0 Å². The molecular formula is C30H33N3O4S. The summed E-state index contributed by atoms with van der Waals surface area (Å²) < 4.78 is 16.4. The number of esters is 1. The first kappa shape index (κ1) is 27.3. The fraction of sp³-hybridized carbons (Fsp3) is 0.300. The highest BCUT2D eigenvalue weighted by molar-refractivity contribution is 8.01. The fourth-order valence-electron chi connectivity index (χ4n) is 3.60. The Kier molecular flexibility index (Phi) is 8.42. The van der Waals surface area contributed by atoms with E-state index in [1.54, 1.807) is 6.26 Å². The van der Waals surface area contributed by atoms with Crippen molar-refractivity contribution in [3.05, 3.63) is 96.7 Å². The van der Waals surface area contributed by atoms with E-state index in [1.807, 2.05) is 95.3 Å². The second-order valence-corrected chi connectivity index (χ2v) is 12.0. The van der Waals surface area contributed by atoms with Gasteiger partial charge in [0.05, 0.1) is 12.8 Å². The molecule has 38 heavy (non-hydrogen) atoms. The predicted octanol–water partition coefficient (Wildman–Crippen LogP) is 7.28. The smallest absolute Gasteiger partial charge is 0.322 e. The Morgan fingerprint density at radius 3 is 2.32 bits per heavy atom. The summed E-state index contributed by atoms with van der Waals surface area (Å²) in [6.45, 7) is 10.5. The lowest BCUT2D eigenvalue weighted by molar-refractivity contribution is -0.156. The number of carbonyl (C=O) groups is 1. The Morgan fingerprint density at radius 2 is 1.66 bits per heavy atom. The maximum Gasteiger partial charge on any atom is 0.322 e. The fourth-order valence-corrected chi connectivity index (χ4v) is 4.58. The van der Waals surface area contributed by atoms with Gasteiger partial charge in [0.15, 0.2) is 0 Å². The second kappa shape index (κ2) is 11.7. The quantitative estimate of drug-likeness (QED) is 0.156. The standard InChI is InChI=1S/C30H33N3O4S/c1-29(2,3)37-28(34)30(4,5)38-25-15-13-22(14-16-25)19-33(20-24-12-9-17-35-24)26-18-27(32-21-31-26)36-23-10-7-6-8-11-23/h6-18,21H,19-20H2,1-5H3. The number of hydrogen-bond donors (Lipinski definition) is 0. The molecule has 2 aromatic heterocycles.